The molecular weight excluding hydrogens is 495 g/mol. The minimum atomic E-state index is -0.524. The van der Waals surface area contributed by atoms with E-state index in [1.807, 2.05) is 38.1 Å². The zero-order chi connectivity index (χ0) is 24.8. The summed E-state index contributed by atoms with van der Waals surface area (Å²) in [5.74, 6) is 0.130. The second kappa shape index (κ2) is 11.3. The summed E-state index contributed by atoms with van der Waals surface area (Å²) < 4.78 is 11.3. The van der Waals surface area contributed by atoms with Crippen LogP contribution < -0.4 is 14.8 Å². The molecule has 3 aromatic carbocycles. The molecule has 0 unspecified atom stereocenters. The van der Waals surface area contributed by atoms with E-state index in [9.17, 15) is 10.1 Å². The van der Waals surface area contributed by atoms with Gasteiger partial charge in [0.15, 0.2) is 11.5 Å². The highest BCUT2D eigenvalue weighted by Gasteiger charge is 2.16. The first kappa shape index (κ1) is 25.5. The Bertz CT molecular complexity index is 1310. The van der Waals surface area contributed by atoms with Gasteiger partial charge in [0.1, 0.15) is 18.2 Å². The molecule has 0 spiro atoms. The van der Waals surface area contributed by atoms with Crippen molar-refractivity contribution in [3.05, 3.63) is 91.4 Å². The number of nitrogens with one attached hydrogen (secondary N) is 1. The Morgan fingerprint density at radius 2 is 1.82 bits per heavy atom. The quantitative estimate of drug-likeness (QED) is 0.263. The molecule has 3 aromatic rings. The molecule has 0 fully saturated rings. The van der Waals surface area contributed by atoms with Crippen molar-refractivity contribution in [2.75, 3.05) is 12.4 Å². The van der Waals surface area contributed by atoms with Gasteiger partial charge < -0.3 is 14.8 Å². The number of ether oxygens (including phenoxy) is 2. The number of carbonyl (C=O) groups is 1. The van der Waals surface area contributed by atoms with Gasteiger partial charge in [-0.05, 0) is 66.9 Å². The number of nitrogens with zero attached hydrogens (tertiary/aromatic N) is 1. The van der Waals surface area contributed by atoms with Crippen LogP contribution in [0.2, 0.25) is 15.1 Å². The van der Waals surface area contributed by atoms with Gasteiger partial charge in [-0.15, -0.1) is 0 Å². The van der Waals surface area contributed by atoms with Crippen LogP contribution in [-0.2, 0) is 11.4 Å². The van der Waals surface area contributed by atoms with Crippen LogP contribution in [-0.4, -0.2) is 13.0 Å². The minimum Gasteiger partial charge on any atom is -0.493 e. The van der Waals surface area contributed by atoms with Crippen molar-refractivity contribution in [1.82, 2.24) is 0 Å². The Balaban J connectivity index is 1.84. The molecule has 0 radical (unpaired) electrons. The number of amides is 1. The molecule has 0 aliphatic rings. The van der Waals surface area contributed by atoms with Gasteiger partial charge in [0.05, 0.1) is 12.1 Å². The third-order valence-electron chi connectivity index (χ3n) is 4.96. The van der Waals surface area contributed by atoms with Crippen LogP contribution in [0.1, 0.15) is 22.3 Å². The first-order valence-corrected chi connectivity index (χ1v) is 11.3. The fourth-order valence-electron chi connectivity index (χ4n) is 3.13. The largest absolute Gasteiger partial charge is 0.493 e. The average molecular weight is 516 g/mol. The lowest BCUT2D eigenvalue weighted by Gasteiger charge is -2.14. The predicted octanol–water partition coefficient (Wildman–Crippen LogP) is 7.40. The van der Waals surface area contributed by atoms with Gasteiger partial charge in [0.2, 0.25) is 0 Å². The highest BCUT2D eigenvalue weighted by Crippen LogP contribution is 2.38. The number of benzene rings is 3. The standard InChI is InChI=1S/C26H21Cl3N2O3/c1-15-4-5-16(2)23(8-15)31-26(32)19(13-30)9-17-10-22(29)25(24(11-17)33-3)34-14-18-6-7-20(27)12-21(18)28/h4-12H,14H2,1-3H3,(H,31,32)/b19-9+. The summed E-state index contributed by atoms with van der Waals surface area (Å²) in [6, 6.07) is 16.0. The molecule has 0 saturated heterocycles. The number of methoxy groups -OCH3 is 1. The van der Waals surface area contributed by atoms with E-state index >= 15 is 0 Å². The van der Waals surface area contributed by atoms with E-state index < -0.39 is 5.91 Å². The summed E-state index contributed by atoms with van der Waals surface area (Å²) in [4.78, 5) is 12.7. The molecule has 0 aliphatic heterocycles. The molecule has 1 amide bonds. The van der Waals surface area contributed by atoms with Gasteiger partial charge in [0, 0.05) is 21.3 Å². The average Bonchev–Trinajstić information content (AvgIpc) is 2.79. The monoisotopic (exact) mass is 514 g/mol. The maximum Gasteiger partial charge on any atom is 0.266 e. The summed E-state index contributed by atoms with van der Waals surface area (Å²) >= 11 is 18.6. The topological polar surface area (TPSA) is 71.3 Å². The molecule has 0 heterocycles. The van der Waals surface area contributed by atoms with Crippen LogP contribution in [0, 0.1) is 25.2 Å². The SMILES string of the molecule is COc1cc(/C=C(\C#N)C(=O)Nc2cc(C)ccc2C)cc(Cl)c1OCc1ccc(Cl)cc1Cl. The van der Waals surface area contributed by atoms with E-state index in [2.05, 4.69) is 5.32 Å². The van der Waals surface area contributed by atoms with E-state index in [4.69, 9.17) is 44.3 Å². The van der Waals surface area contributed by atoms with Crippen molar-refractivity contribution in [2.24, 2.45) is 0 Å². The molecule has 0 aromatic heterocycles. The molecule has 174 valence electrons. The summed E-state index contributed by atoms with van der Waals surface area (Å²) in [6.07, 6.45) is 1.44. The third-order valence-corrected chi connectivity index (χ3v) is 5.82. The Kier molecular flexibility index (Phi) is 8.46. The van der Waals surface area contributed by atoms with Gasteiger partial charge in [0.25, 0.3) is 5.91 Å². The predicted molar refractivity (Wildman–Crippen MR) is 137 cm³/mol. The van der Waals surface area contributed by atoms with Crippen molar-refractivity contribution >= 4 is 52.5 Å². The fourth-order valence-corrected chi connectivity index (χ4v) is 3.86. The normalized spacial score (nSPS) is 11.0. The zero-order valence-electron chi connectivity index (χ0n) is 18.7. The van der Waals surface area contributed by atoms with Gasteiger partial charge in [-0.25, -0.2) is 0 Å². The van der Waals surface area contributed by atoms with Crippen molar-refractivity contribution in [3.63, 3.8) is 0 Å². The van der Waals surface area contributed by atoms with Crippen molar-refractivity contribution in [3.8, 4) is 17.6 Å². The summed E-state index contributed by atoms with van der Waals surface area (Å²) in [5.41, 5.74) is 3.68. The van der Waals surface area contributed by atoms with Gasteiger partial charge in [-0.3, -0.25) is 4.79 Å². The molecule has 34 heavy (non-hydrogen) atoms. The lowest BCUT2D eigenvalue weighted by molar-refractivity contribution is -0.112. The van der Waals surface area contributed by atoms with Crippen molar-refractivity contribution in [1.29, 1.82) is 5.26 Å². The van der Waals surface area contributed by atoms with Crippen molar-refractivity contribution in [2.45, 2.75) is 20.5 Å². The smallest absolute Gasteiger partial charge is 0.266 e. The van der Waals surface area contributed by atoms with E-state index in [1.54, 1.807) is 30.3 Å². The van der Waals surface area contributed by atoms with E-state index in [-0.39, 0.29) is 17.2 Å². The molecule has 1 N–H and O–H groups in total. The first-order chi connectivity index (χ1) is 16.2. The zero-order valence-corrected chi connectivity index (χ0v) is 21.0. The van der Waals surface area contributed by atoms with Crippen LogP contribution in [0.15, 0.2) is 54.1 Å². The summed E-state index contributed by atoms with van der Waals surface area (Å²) in [5, 5.41) is 13.6. The fraction of sp³-hybridized carbons (Fsp3) is 0.154. The summed E-state index contributed by atoms with van der Waals surface area (Å²) in [6.45, 7) is 3.95. The molecule has 0 saturated carbocycles. The Labute approximate surface area is 213 Å². The van der Waals surface area contributed by atoms with Gasteiger partial charge in [-0.1, -0.05) is 53.0 Å². The number of nitriles is 1. The second-order valence-corrected chi connectivity index (χ2v) is 8.75. The number of anilines is 1. The Morgan fingerprint density at radius 1 is 1.06 bits per heavy atom. The lowest BCUT2D eigenvalue weighted by Crippen LogP contribution is -2.14. The highest BCUT2D eigenvalue weighted by atomic mass is 35.5. The van der Waals surface area contributed by atoms with E-state index in [1.165, 1.54) is 13.2 Å². The maximum atomic E-state index is 12.7. The molecule has 0 atom stereocenters. The maximum absolute atomic E-state index is 12.7. The molecule has 8 heteroatoms. The summed E-state index contributed by atoms with van der Waals surface area (Å²) in [7, 11) is 1.47. The van der Waals surface area contributed by atoms with Gasteiger partial charge in [-0.2, -0.15) is 5.26 Å². The lowest BCUT2D eigenvalue weighted by atomic mass is 10.1. The number of hydrogen-bond acceptors (Lipinski definition) is 4. The molecular formula is C26H21Cl3N2O3. The molecule has 3 rings (SSSR count). The van der Waals surface area contributed by atoms with Crippen LogP contribution in [0.3, 0.4) is 0 Å². The van der Waals surface area contributed by atoms with Crippen molar-refractivity contribution < 1.29 is 14.3 Å². The molecule has 5 nitrogen and oxygen atoms in total. The minimum absolute atomic E-state index is 0.0827. The highest BCUT2D eigenvalue weighted by molar-refractivity contribution is 6.35. The van der Waals surface area contributed by atoms with Crippen LogP contribution in [0.5, 0.6) is 11.5 Å². The number of hydrogen-bond donors (Lipinski definition) is 1. The third kappa shape index (κ3) is 6.24. The molecule has 0 aliphatic carbocycles. The van der Waals surface area contributed by atoms with E-state index in [0.29, 0.717) is 32.8 Å². The number of rotatable bonds is 7. The van der Waals surface area contributed by atoms with Crippen LogP contribution in [0.25, 0.3) is 6.08 Å². The Morgan fingerprint density at radius 3 is 2.50 bits per heavy atom. The first-order valence-electron chi connectivity index (χ1n) is 10.2. The number of aryl methyl sites for hydroxylation is 2. The Hall–Kier alpha value is -3.17. The molecule has 0 bridgehead atoms. The van der Waals surface area contributed by atoms with E-state index in [0.717, 1.165) is 16.7 Å². The second-order valence-electron chi connectivity index (χ2n) is 7.50. The van der Waals surface area contributed by atoms with Gasteiger partial charge >= 0.3 is 0 Å². The number of carbonyl (C=O) groups excluding carboxylic acids is 1. The van der Waals surface area contributed by atoms with Crippen LogP contribution >= 0.6 is 34.8 Å². The van der Waals surface area contributed by atoms with Crippen LogP contribution in [0.4, 0.5) is 5.69 Å². The number of halogens is 3.